The van der Waals surface area contributed by atoms with Gasteiger partial charge in [0.05, 0.1) is 23.8 Å². The highest BCUT2D eigenvalue weighted by molar-refractivity contribution is 5.96. The lowest BCUT2D eigenvalue weighted by molar-refractivity contribution is -0.384. The lowest BCUT2D eigenvalue weighted by atomic mass is 10.1. The number of hydrogen-bond acceptors (Lipinski definition) is 7. The van der Waals surface area contributed by atoms with E-state index in [1.54, 1.807) is 6.07 Å². The van der Waals surface area contributed by atoms with E-state index in [4.69, 9.17) is 14.2 Å². The summed E-state index contributed by atoms with van der Waals surface area (Å²) in [7, 11) is 1.32. The normalized spacial score (nSPS) is 11.3. The molecule has 2 aromatic carbocycles. The number of nitrogens with one attached hydrogen (secondary N) is 1. The number of benzene rings is 2. The van der Waals surface area contributed by atoms with E-state index in [1.807, 2.05) is 26.0 Å². The van der Waals surface area contributed by atoms with Crippen LogP contribution in [0.15, 0.2) is 36.4 Å². The van der Waals surface area contributed by atoms with Crippen LogP contribution in [0.2, 0.25) is 0 Å². The van der Waals surface area contributed by atoms with Gasteiger partial charge >= 0.3 is 5.97 Å². The average Bonchev–Trinajstić information content (AvgIpc) is 2.69. The van der Waals surface area contributed by atoms with Crippen LogP contribution in [0.3, 0.4) is 0 Å². The maximum absolute atomic E-state index is 12.3. The molecule has 1 amide bonds. The number of hydrogen-bond donors (Lipinski definition) is 1. The number of amides is 1. The fourth-order valence-electron chi connectivity index (χ4n) is 2.43. The van der Waals surface area contributed by atoms with E-state index >= 15 is 0 Å². The maximum atomic E-state index is 12.3. The van der Waals surface area contributed by atoms with Gasteiger partial charge in [0, 0.05) is 6.07 Å². The summed E-state index contributed by atoms with van der Waals surface area (Å²) in [5, 5.41) is 13.3. The van der Waals surface area contributed by atoms with Crippen molar-refractivity contribution in [3.63, 3.8) is 0 Å². The lowest BCUT2D eigenvalue weighted by Gasteiger charge is -2.16. The van der Waals surface area contributed by atoms with Crippen LogP contribution in [-0.2, 0) is 14.3 Å². The van der Waals surface area contributed by atoms with E-state index in [1.165, 1.54) is 32.2 Å². The predicted molar refractivity (Wildman–Crippen MR) is 105 cm³/mol. The van der Waals surface area contributed by atoms with Crippen molar-refractivity contribution in [2.75, 3.05) is 19.0 Å². The number of nitrogens with zero attached hydrogens (tertiary/aromatic N) is 1. The Morgan fingerprint density at radius 1 is 1.17 bits per heavy atom. The number of non-ortho nitro benzene ring substituents is 1. The summed E-state index contributed by atoms with van der Waals surface area (Å²) in [5.41, 5.74) is 1.98. The Morgan fingerprint density at radius 3 is 2.55 bits per heavy atom. The van der Waals surface area contributed by atoms with Crippen molar-refractivity contribution in [3.05, 3.63) is 57.6 Å². The second kappa shape index (κ2) is 9.54. The molecule has 9 heteroatoms. The molecule has 0 aliphatic heterocycles. The standard InChI is InChI=1S/C20H22N2O7/c1-12-6-5-7-17(13(12)2)28-11-19(23)29-14(3)20(24)21-16-9-8-15(22(25)26)10-18(16)27-4/h5-10,14H,11H2,1-4H3,(H,21,24)/t14-/m1/s1. The molecule has 1 N–H and O–H groups in total. The van der Waals surface area contributed by atoms with Crippen LogP contribution in [0.1, 0.15) is 18.1 Å². The third-order valence-electron chi connectivity index (χ3n) is 4.23. The summed E-state index contributed by atoms with van der Waals surface area (Å²) in [5.74, 6) is -0.638. The van der Waals surface area contributed by atoms with Crippen molar-refractivity contribution >= 4 is 23.3 Å². The molecular formula is C20H22N2O7. The van der Waals surface area contributed by atoms with Gasteiger partial charge in [-0.2, -0.15) is 0 Å². The summed E-state index contributed by atoms with van der Waals surface area (Å²) in [6, 6.07) is 9.24. The SMILES string of the molecule is COc1cc([N+](=O)[O-])ccc1NC(=O)[C@@H](C)OC(=O)COc1cccc(C)c1C. The van der Waals surface area contributed by atoms with Crippen LogP contribution >= 0.6 is 0 Å². The second-order valence-corrected chi connectivity index (χ2v) is 6.25. The van der Waals surface area contributed by atoms with Crippen molar-refractivity contribution in [3.8, 4) is 11.5 Å². The van der Waals surface area contributed by atoms with Gasteiger partial charge in [-0.1, -0.05) is 12.1 Å². The largest absolute Gasteiger partial charge is 0.494 e. The molecule has 0 radical (unpaired) electrons. The van der Waals surface area contributed by atoms with Gasteiger partial charge in [0.25, 0.3) is 11.6 Å². The number of carbonyl (C=O) groups is 2. The number of rotatable bonds is 8. The molecule has 0 fully saturated rings. The molecule has 0 saturated carbocycles. The number of anilines is 1. The van der Waals surface area contributed by atoms with E-state index in [9.17, 15) is 19.7 Å². The topological polar surface area (TPSA) is 117 Å². The first-order valence-electron chi connectivity index (χ1n) is 8.74. The van der Waals surface area contributed by atoms with Crippen LogP contribution in [0.25, 0.3) is 0 Å². The van der Waals surface area contributed by atoms with Crippen molar-refractivity contribution in [1.29, 1.82) is 0 Å². The number of carbonyl (C=O) groups excluding carboxylic acids is 2. The third-order valence-corrected chi connectivity index (χ3v) is 4.23. The number of methoxy groups -OCH3 is 1. The third kappa shape index (κ3) is 5.68. The summed E-state index contributed by atoms with van der Waals surface area (Å²) >= 11 is 0. The fraction of sp³-hybridized carbons (Fsp3) is 0.300. The van der Waals surface area contributed by atoms with Gasteiger partial charge in [-0.05, 0) is 44.0 Å². The highest BCUT2D eigenvalue weighted by atomic mass is 16.6. The van der Waals surface area contributed by atoms with Gasteiger partial charge in [-0.3, -0.25) is 14.9 Å². The van der Waals surface area contributed by atoms with Gasteiger partial charge in [-0.15, -0.1) is 0 Å². The van der Waals surface area contributed by atoms with Crippen LogP contribution in [0.5, 0.6) is 11.5 Å². The quantitative estimate of drug-likeness (QED) is 0.409. The Bertz CT molecular complexity index is 927. The summed E-state index contributed by atoms with van der Waals surface area (Å²) in [4.78, 5) is 34.5. The van der Waals surface area contributed by atoms with Gasteiger partial charge in [-0.25, -0.2) is 4.79 Å². The summed E-state index contributed by atoms with van der Waals surface area (Å²) in [6.45, 7) is 4.87. The first-order chi connectivity index (χ1) is 13.7. The van der Waals surface area contributed by atoms with Crippen LogP contribution in [-0.4, -0.2) is 36.6 Å². The van der Waals surface area contributed by atoms with Crippen LogP contribution in [0.4, 0.5) is 11.4 Å². The molecule has 0 unspecified atom stereocenters. The number of nitro benzene ring substituents is 1. The Labute approximate surface area is 167 Å². The fourth-order valence-corrected chi connectivity index (χ4v) is 2.43. The monoisotopic (exact) mass is 402 g/mol. The van der Waals surface area contributed by atoms with Crippen molar-refractivity contribution in [2.45, 2.75) is 26.9 Å². The minimum absolute atomic E-state index is 0.115. The molecule has 2 aromatic rings. The second-order valence-electron chi connectivity index (χ2n) is 6.25. The molecule has 2 rings (SSSR count). The molecule has 29 heavy (non-hydrogen) atoms. The maximum Gasteiger partial charge on any atom is 0.344 e. The van der Waals surface area contributed by atoms with E-state index in [0.717, 1.165) is 11.1 Å². The highest BCUT2D eigenvalue weighted by Gasteiger charge is 2.21. The zero-order valence-electron chi connectivity index (χ0n) is 16.6. The number of nitro groups is 1. The molecule has 0 aromatic heterocycles. The molecule has 1 atom stereocenters. The molecule has 0 spiro atoms. The van der Waals surface area contributed by atoms with Crippen LogP contribution in [0, 0.1) is 24.0 Å². The van der Waals surface area contributed by atoms with E-state index in [2.05, 4.69) is 5.32 Å². The predicted octanol–water partition coefficient (Wildman–Crippen LogP) is 3.17. The number of aryl methyl sites for hydroxylation is 1. The first-order valence-corrected chi connectivity index (χ1v) is 8.74. The molecule has 0 aliphatic rings. The smallest absolute Gasteiger partial charge is 0.344 e. The summed E-state index contributed by atoms with van der Waals surface area (Å²) < 4.78 is 15.6. The highest BCUT2D eigenvalue weighted by Crippen LogP contribution is 2.29. The zero-order valence-corrected chi connectivity index (χ0v) is 16.6. The number of esters is 1. The average molecular weight is 402 g/mol. The Balaban J connectivity index is 1.94. The van der Waals surface area contributed by atoms with Gasteiger partial charge in [0.1, 0.15) is 11.5 Å². The Kier molecular flexibility index (Phi) is 7.13. The zero-order chi connectivity index (χ0) is 21.6. The molecule has 0 bridgehead atoms. The number of ether oxygens (including phenoxy) is 3. The minimum atomic E-state index is -1.11. The molecular weight excluding hydrogens is 380 g/mol. The van der Waals surface area contributed by atoms with Gasteiger partial charge < -0.3 is 19.5 Å². The van der Waals surface area contributed by atoms with E-state index in [0.29, 0.717) is 5.75 Å². The Hall–Kier alpha value is -3.62. The first kappa shape index (κ1) is 21.7. The van der Waals surface area contributed by atoms with E-state index in [-0.39, 0.29) is 23.7 Å². The molecule has 0 saturated heterocycles. The molecule has 0 heterocycles. The minimum Gasteiger partial charge on any atom is -0.494 e. The lowest BCUT2D eigenvalue weighted by Crippen LogP contribution is -2.31. The summed E-state index contributed by atoms with van der Waals surface area (Å²) in [6.07, 6.45) is -1.11. The molecule has 0 aliphatic carbocycles. The van der Waals surface area contributed by atoms with Crippen molar-refractivity contribution in [1.82, 2.24) is 0 Å². The van der Waals surface area contributed by atoms with Gasteiger partial charge in [0.2, 0.25) is 0 Å². The van der Waals surface area contributed by atoms with Crippen molar-refractivity contribution < 1.29 is 28.7 Å². The Morgan fingerprint density at radius 2 is 1.90 bits per heavy atom. The van der Waals surface area contributed by atoms with Crippen molar-refractivity contribution in [2.24, 2.45) is 0 Å². The molecule has 9 nitrogen and oxygen atoms in total. The van der Waals surface area contributed by atoms with E-state index < -0.39 is 22.9 Å². The molecule has 154 valence electrons. The van der Waals surface area contributed by atoms with Gasteiger partial charge in [0.15, 0.2) is 12.7 Å². The van der Waals surface area contributed by atoms with Crippen LogP contribution < -0.4 is 14.8 Å².